The first kappa shape index (κ1) is 10.6. The van der Waals surface area contributed by atoms with Crippen molar-refractivity contribution in [1.29, 1.82) is 0 Å². The molecule has 0 spiro atoms. The first-order valence-electron chi connectivity index (χ1n) is 2.27. The Bertz CT molecular complexity index is 21.5. The van der Waals surface area contributed by atoms with Crippen molar-refractivity contribution in [3.63, 3.8) is 0 Å². The van der Waals surface area contributed by atoms with Gasteiger partial charge in [-0.2, -0.15) is 0 Å². The molecule has 0 saturated heterocycles. The van der Waals surface area contributed by atoms with Crippen molar-refractivity contribution < 1.29 is 0 Å². The Morgan fingerprint density at radius 2 is 1.83 bits per heavy atom. The molecule has 0 rings (SSSR count). The zero-order valence-corrected chi connectivity index (χ0v) is 4.28. The van der Waals surface area contributed by atoms with Crippen molar-refractivity contribution in [2.45, 2.75) is 26.1 Å². The molecule has 1 atom stereocenters. The summed E-state index contributed by atoms with van der Waals surface area (Å²) in [5.41, 5.74) is 0. The Morgan fingerprint density at radius 3 is 1.83 bits per heavy atom. The average Bonchev–Trinajstić information content (AvgIpc) is 1.38. The summed E-state index contributed by atoms with van der Waals surface area (Å²) in [7, 11) is 2.22. The van der Waals surface area contributed by atoms with Crippen molar-refractivity contribution in [1.82, 2.24) is 0 Å². The molecule has 0 aliphatic heterocycles. The normalized spacial score (nSPS) is 12.3. The monoisotopic (exact) mass is 110 g/mol. The van der Waals surface area contributed by atoms with E-state index in [2.05, 4.69) is 21.7 Å². The molecule has 0 fully saturated rings. The van der Waals surface area contributed by atoms with Crippen molar-refractivity contribution >= 4 is 59.2 Å². The van der Waals surface area contributed by atoms with Gasteiger partial charge in [-0.05, 0) is 0 Å². The molecule has 0 aromatic heterocycles. The molecule has 0 aromatic carbocycles. The van der Waals surface area contributed by atoms with Gasteiger partial charge in [0.15, 0.2) is 0 Å². The third-order valence-electron chi connectivity index (χ3n) is 0.816. The Labute approximate surface area is 83.9 Å². The van der Waals surface area contributed by atoms with E-state index in [1.54, 1.807) is 0 Å². The van der Waals surface area contributed by atoms with Crippen molar-refractivity contribution in [2.75, 3.05) is 0 Å². The van der Waals surface area contributed by atoms with Crippen LogP contribution in [0.1, 0.15) is 20.3 Å². The molecule has 2 heteroatoms. The van der Waals surface area contributed by atoms with Crippen LogP contribution in [0.4, 0.5) is 0 Å². The summed E-state index contributed by atoms with van der Waals surface area (Å²) in [6, 6.07) is 0. The fourth-order valence-corrected chi connectivity index (χ4v) is 0. The molecule has 0 saturated carbocycles. The Morgan fingerprint density at radius 1 is 1.67 bits per heavy atom. The number of rotatable bonds is 1. The Kier molecular flexibility index (Phi) is 11.9. The van der Waals surface area contributed by atoms with Crippen LogP contribution in [0.5, 0.6) is 0 Å². The van der Waals surface area contributed by atoms with Crippen LogP contribution in [0.25, 0.3) is 0 Å². The van der Waals surface area contributed by atoms with Crippen LogP contribution < -0.4 is 0 Å². The summed E-state index contributed by atoms with van der Waals surface area (Å²) in [6.07, 6.45) is 1.31. The Hall–Kier alpha value is 1.70. The van der Waals surface area contributed by atoms with Crippen LogP contribution in [0.2, 0.25) is 5.82 Å². The summed E-state index contributed by atoms with van der Waals surface area (Å²) in [5.74, 6) is 0.884. The summed E-state index contributed by atoms with van der Waals surface area (Å²) < 4.78 is 0. The second-order valence-electron chi connectivity index (χ2n) is 1.80. The SMILES string of the molecule is BC(C)CC.[KH]. The zero-order valence-electron chi connectivity index (χ0n) is 4.28. The van der Waals surface area contributed by atoms with E-state index < -0.39 is 0 Å². The number of hydrogen-bond donors (Lipinski definition) is 0. The fraction of sp³-hybridized carbons (Fsp3) is 1.00. The Balaban J connectivity index is 0. The first-order chi connectivity index (χ1) is 2.27. The van der Waals surface area contributed by atoms with Gasteiger partial charge in [-0.1, -0.05) is 26.1 Å². The van der Waals surface area contributed by atoms with E-state index in [1.807, 2.05) is 0 Å². The maximum atomic E-state index is 2.22. The molecule has 0 aromatic rings. The standard InChI is InChI=1S/C4H11B.K.H/c1-3-4(2)5;;/h4H,3,5H2,1-2H3;;. The van der Waals surface area contributed by atoms with E-state index in [9.17, 15) is 0 Å². The van der Waals surface area contributed by atoms with E-state index in [1.165, 1.54) is 6.42 Å². The zero-order chi connectivity index (χ0) is 4.28. The summed E-state index contributed by atoms with van der Waals surface area (Å²) in [6.45, 7) is 4.42. The number of hydrogen-bond acceptors (Lipinski definition) is 0. The van der Waals surface area contributed by atoms with E-state index in [0.717, 1.165) is 5.82 Å². The molecule has 0 N–H and O–H groups in total. The van der Waals surface area contributed by atoms with E-state index >= 15 is 0 Å². The third kappa shape index (κ3) is 9.20. The average molecular weight is 110 g/mol. The summed E-state index contributed by atoms with van der Waals surface area (Å²) >= 11 is 0. The van der Waals surface area contributed by atoms with Crippen LogP contribution in [0.3, 0.4) is 0 Å². The van der Waals surface area contributed by atoms with Gasteiger partial charge in [0.25, 0.3) is 0 Å². The van der Waals surface area contributed by atoms with E-state index in [-0.39, 0.29) is 51.4 Å². The van der Waals surface area contributed by atoms with Gasteiger partial charge in [-0.15, -0.1) is 0 Å². The van der Waals surface area contributed by atoms with Gasteiger partial charge < -0.3 is 0 Å². The predicted molar refractivity (Wildman–Crippen MR) is 35.4 cm³/mol. The second-order valence-corrected chi connectivity index (χ2v) is 1.80. The molecule has 6 heavy (non-hydrogen) atoms. The molecular weight excluding hydrogens is 98.0 g/mol. The minimum atomic E-state index is 0. The molecule has 0 radical (unpaired) electrons. The van der Waals surface area contributed by atoms with Gasteiger partial charge in [0.2, 0.25) is 0 Å². The third-order valence-corrected chi connectivity index (χ3v) is 0.816. The first-order valence-corrected chi connectivity index (χ1v) is 2.27. The molecule has 0 bridgehead atoms. The molecule has 0 nitrogen and oxygen atoms in total. The van der Waals surface area contributed by atoms with Crippen LogP contribution >= 0.6 is 0 Å². The molecule has 1 unspecified atom stereocenters. The van der Waals surface area contributed by atoms with Crippen molar-refractivity contribution in [3.8, 4) is 0 Å². The molecule has 0 aliphatic rings. The van der Waals surface area contributed by atoms with Gasteiger partial charge in [0.1, 0.15) is 7.85 Å². The molecule has 0 aliphatic carbocycles. The van der Waals surface area contributed by atoms with Gasteiger partial charge in [0.05, 0.1) is 0 Å². The summed E-state index contributed by atoms with van der Waals surface area (Å²) in [5, 5.41) is 0. The molecule has 0 heterocycles. The van der Waals surface area contributed by atoms with Crippen molar-refractivity contribution in [2.24, 2.45) is 0 Å². The van der Waals surface area contributed by atoms with Crippen LogP contribution in [-0.2, 0) is 0 Å². The van der Waals surface area contributed by atoms with Crippen molar-refractivity contribution in [3.05, 3.63) is 0 Å². The predicted octanol–water partition coefficient (Wildman–Crippen LogP) is 0.189. The maximum absolute atomic E-state index is 2.22. The molecule has 0 amide bonds. The quantitative estimate of drug-likeness (QED) is 0.422. The summed E-state index contributed by atoms with van der Waals surface area (Å²) in [4.78, 5) is 0. The van der Waals surface area contributed by atoms with Gasteiger partial charge in [-0.25, -0.2) is 0 Å². The fourth-order valence-electron chi connectivity index (χ4n) is 0. The van der Waals surface area contributed by atoms with Crippen LogP contribution in [0, 0.1) is 0 Å². The minimum absolute atomic E-state index is 0. The van der Waals surface area contributed by atoms with E-state index in [0.29, 0.717) is 0 Å². The topological polar surface area (TPSA) is 0 Å². The second kappa shape index (κ2) is 6.70. The van der Waals surface area contributed by atoms with Gasteiger partial charge in [0, 0.05) is 0 Å². The molecule has 32 valence electrons. The van der Waals surface area contributed by atoms with Crippen LogP contribution in [-0.4, -0.2) is 59.2 Å². The van der Waals surface area contributed by atoms with Crippen LogP contribution in [0.15, 0.2) is 0 Å². The van der Waals surface area contributed by atoms with E-state index in [4.69, 9.17) is 0 Å². The van der Waals surface area contributed by atoms with Gasteiger partial charge in [-0.3, -0.25) is 0 Å². The molecular formula is C4H12BK. The van der Waals surface area contributed by atoms with Gasteiger partial charge >= 0.3 is 51.4 Å².